The number of aliphatic hydroxyl groups excluding tert-OH is 1. The Bertz CT molecular complexity index is 258. The van der Waals surface area contributed by atoms with Crippen LogP contribution in [0.3, 0.4) is 0 Å². The Balaban J connectivity index is 3.84. The normalized spacial score (nSPS) is 14.5. The van der Waals surface area contributed by atoms with E-state index in [1.807, 2.05) is 4.72 Å². The summed E-state index contributed by atoms with van der Waals surface area (Å²) >= 11 is 0. The largest absolute Gasteiger partial charge is 0.386 e. The Morgan fingerprint density at radius 2 is 2.07 bits per heavy atom. The molecular weight excluding hydrogens is 232 g/mol. The fraction of sp³-hybridized carbons (Fsp3) is 1.00. The lowest BCUT2D eigenvalue weighted by atomic mass is 10.4. The van der Waals surface area contributed by atoms with Gasteiger partial charge in [0.25, 0.3) is 6.43 Å². The van der Waals surface area contributed by atoms with E-state index in [1.165, 1.54) is 7.11 Å². The van der Waals surface area contributed by atoms with E-state index in [9.17, 15) is 17.2 Å². The van der Waals surface area contributed by atoms with E-state index < -0.39 is 29.1 Å². The van der Waals surface area contributed by atoms with Crippen molar-refractivity contribution in [3.05, 3.63) is 0 Å². The summed E-state index contributed by atoms with van der Waals surface area (Å²) in [5.41, 5.74) is 0. The van der Waals surface area contributed by atoms with Crippen LogP contribution in [0.2, 0.25) is 0 Å². The van der Waals surface area contributed by atoms with E-state index in [1.54, 1.807) is 0 Å². The van der Waals surface area contributed by atoms with Gasteiger partial charge in [-0.05, 0) is 6.42 Å². The SMILES string of the molecule is COCCCS(=O)(=O)NCC(O)C(F)F. The van der Waals surface area contributed by atoms with Crippen LogP contribution in [0, 0.1) is 0 Å². The van der Waals surface area contributed by atoms with E-state index in [2.05, 4.69) is 4.74 Å². The maximum Gasteiger partial charge on any atom is 0.265 e. The molecule has 0 amide bonds. The summed E-state index contributed by atoms with van der Waals surface area (Å²) in [4.78, 5) is 0. The summed E-state index contributed by atoms with van der Waals surface area (Å²) in [5.74, 6) is -0.212. The quantitative estimate of drug-likeness (QED) is 0.571. The van der Waals surface area contributed by atoms with Crippen LogP contribution in [0.5, 0.6) is 0 Å². The van der Waals surface area contributed by atoms with Gasteiger partial charge >= 0.3 is 0 Å². The Kier molecular flexibility index (Phi) is 6.90. The number of nitrogens with one attached hydrogen (secondary N) is 1. The number of hydrogen-bond acceptors (Lipinski definition) is 4. The molecule has 0 rings (SSSR count). The van der Waals surface area contributed by atoms with Gasteiger partial charge in [-0.2, -0.15) is 0 Å². The summed E-state index contributed by atoms with van der Waals surface area (Å²) in [6.45, 7) is -0.398. The second kappa shape index (κ2) is 7.04. The molecule has 92 valence electrons. The summed E-state index contributed by atoms with van der Waals surface area (Å²) in [6.07, 6.45) is -4.65. The fourth-order valence-electron chi connectivity index (χ4n) is 0.767. The minimum atomic E-state index is -3.61. The highest BCUT2D eigenvalue weighted by Crippen LogP contribution is 1.99. The van der Waals surface area contributed by atoms with Crippen LogP contribution < -0.4 is 4.72 Å². The predicted molar refractivity (Wildman–Crippen MR) is 50.3 cm³/mol. The third-order valence-corrected chi connectivity index (χ3v) is 3.00. The van der Waals surface area contributed by atoms with Crippen LogP contribution in [0.4, 0.5) is 8.78 Å². The zero-order valence-corrected chi connectivity index (χ0v) is 9.14. The van der Waals surface area contributed by atoms with Crippen molar-refractivity contribution in [3.63, 3.8) is 0 Å². The molecule has 8 heteroatoms. The zero-order valence-electron chi connectivity index (χ0n) is 8.32. The van der Waals surface area contributed by atoms with Crippen LogP contribution >= 0.6 is 0 Å². The van der Waals surface area contributed by atoms with Gasteiger partial charge in [0.15, 0.2) is 0 Å². The number of sulfonamides is 1. The van der Waals surface area contributed by atoms with Crippen molar-refractivity contribution >= 4 is 10.0 Å². The lowest BCUT2D eigenvalue weighted by molar-refractivity contribution is -0.000454. The van der Waals surface area contributed by atoms with Crippen molar-refractivity contribution in [2.24, 2.45) is 0 Å². The summed E-state index contributed by atoms with van der Waals surface area (Å²) < 4.78 is 52.4. The van der Waals surface area contributed by atoms with Gasteiger partial charge in [-0.3, -0.25) is 0 Å². The van der Waals surface area contributed by atoms with E-state index >= 15 is 0 Å². The first-order valence-electron chi connectivity index (χ1n) is 4.31. The molecule has 0 spiro atoms. The number of aliphatic hydroxyl groups is 1. The molecule has 0 radical (unpaired) electrons. The minimum absolute atomic E-state index is 0.212. The smallest absolute Gasteiger partial charge is 0.265 e. The number of alkyl halides is 2. The van der Waals surface area contributed by atoms with Gasteiger partial charge in [0.1, 0.15) is 6.10 Å². The van der Waals surface area contributed by atoms with Crippen molar-refractivity contribution in [3.8, 4) is 0 Å². The van der Waals surface area contributed by atoms with Gasteiger partial charge in [0, 0.05) is 20.3 Å². The topological polar surface area (TPSA) is 75.6 Å². The standard InChI is InChI=1S/C7H15F2NO4S/c1-14-3-2-4-15(12,13)10-5-6(11)7(8)9/h6-7,10-11H,2-5H2,1H3. The van der Waals surface area contributed by atoms with Gasteiger partial charge in [0.2, 0.25) is 10.0 Å². The molecule has 0 saturated heterocycles. The predicted octanol–water partition coefficient (Wildman–Crippen LogP) is -0.432. The maximum absolute atomic E-state index is 11.8. The average molecular weight is 247 g/mol. The summed E-state index contributed by atoms with van der Waals surface area (Å²) in [5, 5.41) is 8.66. The molecular formula is C7H15F2NO4S. The third-order valence-electron chi connectivity index (χ3n) is 1.56. The molecule has 0 aliphatic heterocycles. The highest BCUT2D eigenvalue weighted by molar-refractivity contribution is 7.89. The lowest BCUT2D eigenvalue weighted by Gasteiger charge is -2.10. The molecule has 0 aromatic heterocycles. The molecule has 0 saturated carbocycles. The minimum Gasteiger partial charge on any atom is -0.386 e. The van der Waals surface area contributed by atoms with Crippen LogP contribution in [-0.4, -0.2) is 52.1 Å². The molecule has 2 N–H and O–H groups in total. The molecule has 5 nitrogen and oxygen atoms in total. The van der Waals surface area contributed by atoms with Crippen molar-refractivity contribution in [1.82, 2.24) is 4.72 Å². The maximum atomic E-state index is 11.8. The molecule has 0 aliphatic rings. The first kappa shape index (κ1) is 14.7. The number of halogens is 2. The Labute approximate surface area is 87.5 Å². The number of ether oxygens (including phenoxy) is 1. The van der Waals surface area contributed by atoms with Gasteiger partial charge in [-0.1, -0.05) is 0 Å². The molecule has 0 bridgehead atoms. The average Bonchev–Trinajstić information content (AvgIpc) is 2.14. The Hall–Kier alpha value is -0.310. The van der Waals surface area contributed by atoms with Crippen LogP contribution in [0.15, 0.2) is 0 Å². The van der Waals surface area contributed by atoms with Crippen molar-refractivity contribution < 1.29 is 27.0 Å². The molecule has 15 heavy (non-hydrogen) atoms. The van der Waals surface area contributed by atoms with Crippen molar-refractivity contribution in [2.45, 2.75) is 19.0 Å². The number of hydrogen-bond donors (Lipinski definition) is 2. The van der Waals surface area contributed by atoms with Gasteiger partial charge in [0.05, 0.1) is 5.75 Å². The number of rotatable bonds is 8. The monoisotopic (exact) mass is 247 g/mol. The molecule has 1 unspecified atom stereocenters. The highest BCUT2D eigenvalue weighted by Gasteiger charge is 2.19. The van der Waals surface area contributed by atoms with Gasteiger partial charge in [-0.25, -0.2) is 21.9 Å². The van der Waals surface area contributed by atoms with Crippen molar-refractivity contribution in [1.29, 1.82) is 0 Å². The second-order valence-electron chi connectivity index (χ2n) is 2.92. The Morgan fingerprint density at radius 1 is 1.47 bits per heavy atom. The van der Waals surface area contributed by atoms with E-state index in [-0.39, 0.29) is 18.8 Å². The Morgan fingerprint density at radius 3 is 2.53 bits per heavy atom. The second-order valence-corrected chi connectivity index (χ2v) is 4.84. The van der Waals surface area contributed by atoms with Gasteiger partial charge < -0.3 is 9.84 Å². The summed E-state index contributed by atoms with van der Waals surface area (Å²) in [7, 11) is -2.17. The molecule has 0 aromatic rings. The van der Waals surface area contributed by atoms with Crippen LogP contribution in [0.25, 0.3) is 0 Å². The zero-order chi connectivity index (χ0) is 11.9. The molecule has 0 aromatic carbocycles. The first-order chi connectivity index (χ1) is 6.89. The third kappa shape index (κ3) is 7.60. The van der Waals surface area contributed by atoms with Crippen LogP contribution in [0.1, 0.15) is 6.42 Å². The lowest BCUT2D eigenvalue weighted by Crippen LogP contribution is -2.37. The molecule has 0 heterocycles. The highest BCUT2D eigenvalue weighted by atomic mass is 32.2. The van der Waals surface area contributed by atoms with Crippen molar-refractivity contribution in [2.75, 3.05) is 26.0 Å². The number of methoxy groups -OCH3 is 1. The first-order valence-corrected chi connectivity index (χ1v) is 5.97. The van der Waals surface area contributed by atoms with E-state index in [4.69, 9.17) is 5.11 Å². The molecule has 0 aliphatic carbocycles. The van der Waals surface area contributed by atoms with Gasteiger partial charge in [-0.15, -0.1) is 0 Å². The van der Waals surface area contributed by atoms with Crippen LogP contribution in [-0.2, 0) is 14.8 Å². The summed E-state index contributed by atoms with van der Waals surface area (Å²) in [6, 6.07) is 0. The fourth-order valence-corrected chi connectivity index (χ4v) is 1.83. The van der Waals surface area contributed by atoms with E-state index in [0.717, 1.165) is 0 Å². The van der Waals surface area contributed by atoms with E-state index in [0.29, 0.717) is 0 Å². The molecule has 1 atom stereocenters. The molecule has 0 fully saturated rings.